The van der Waals surface area contributed by atoms with Crippen molar-refractivity contribution in [3.05, 3.63) is 89.4 Å². The predicted octanol–water partition coefficient (Wildman–Crippen LogP) is 4.34. The van der Waals surface area contributed by atoms with Gasteiger partial charge in [-0.1, -0.05) is 19.1 Å². The van der Waals surface area contributed by atoms with Crippen LogP contribution in [0.1, 0.15) is 12.5 Å². The Hall–Kier alpha value is -3.93. The Morgan fingerprint density at radius 3 is 2.80 bits per heavy atom. The lowest BCUT2D eigenvalue weighted by atomic mass is 10.1. The van der Waals surface area contributed by atoms with Gasteiger partial charge in [0.25, 0.3) is 0 Å². The fourth-order valence-corrected chi connectivity index (χ4v) is 3.75. The van der Waals surface area contributed by atoms with Crippen molar-refractivity contribution < 1.29 is 0 Å². The maximum atomic E-state index is 12.9. The van der Waals surface area contributed by atoms with Crippen LogP contribution in [0.15, 0.2) is 78.1 Å². The number of rotatable bonds is 4. The number of hydrogen-bond donors (Lipinski definition) is 1. The second-order valence-electron chi connectivity index (χ2n) is 7.34. The molecule has 0 fully saturated rings. The van der Waals surface area contributed by atoms with Crippen molar-refractivity contribution in [1.29, 1.82) is 0 Å². The van der Waals surface area contributed by atoms with Gasteiger partial charge in [-0.3, -0.25) is 9.55 Å². The number of aromatic nitrogens is 5. The zero-order valence-corrected chi connectivity index (χ0v) is 16.8. The maximum absolute atomic E-state index is 12.9. The first kappa shape index (κ1) is 18.1. The number of nitrogens with one attached hydrogen (secondary N) is 1. The van der Waals surface area contributed by atoms with E-state index < -0.39 is 0 Å². The molecule has 0 radical (unpaired) electrons. The first-order chi connectivity index (χ1) is 14.6. The summed E-state index contributed by atoms with van der Waals surface area (Å²) in [7, 11) is 1.76. The summed E-state index contributed by atoms with van der Waals surface area (Å²) in [5.74, 6) is 0. The molecule has 0 atom stereocenters. The molecule has 0 bridgehead atoms. The molecule has 1 aromatic carbocycles. The van der Waals surface area contributed by atoms with Gasteiger partial charge >= 0.3 is 5.69 Å². The molecule has 30 heavy (non-hydrogen) atoms. The molecule has 4 heterocycles. The smallest absolute Gasteiger partial charge is 0.333 e. The second kappa shape index (κ2) is 7.15. The minimum absolute atomic E-state index is 0.0964. The molecule has 148 valence electrons. The highest BCUT2D eigenvalue weighted by molar-refractivity contribution is 5.82. The number of benzene rings is 1. The van der Waals surface area contributed by atoms with E-state index in [1.165, 1.54) is 5.56 Å². The van der Waals surface area contributed by atoms with Crippen LogP contribution in [0.3, 0.4) is 0 Å². The van der Waals surface area contributed by atoms with Crippen LogP contribution >= 0.6 is 0 Å². The van der Waals surface area contributed by atoms with Crippen LogP contribution in [0.2, 0.25) is 0 Å². The lowest BCUT2D eigenvalue weighted by molar-refractivity contribution is 0.823. The zero-order chi connectivity index (χ0) is 20.7. The third kappa shape index (κ3) is 3.03. The summed E-state index contributed by atoms with van der Waals surface area (Å²) in [6.45, 7) is 2.11. The van der Waals surface area contributed by atoms with Crippen molar-refractivity contribution in [2.75, 3.05) is 0 Å². The minimum atomic E-state index is -0.0964. The van der Waals surface area contributed by atoms with Crippen molar-refractivity contribution in [2.45, 2.75) is 13.3 Å². The molecular weight excluding hydrogens is 374 g/mol. The van der Waals surface area contributed by atoms with Gasteiger partial charge in [0.15, 0.2) is 0 Å². The van der Waals surface area contributed by atoms with Gasteiger partial charge in [0.2, 0.25) is 0 Å². The minimum Gasteiger partial charge on any atom is -0.346 e. The molecule has 0 aliphatic rings. The molecule has 5 aromatic rings. The van der Waals surface area contributed by atoms with Crippen LogP contribution in [-0.4, -0.2) is 24.1 Å². The number of fused-ring (bicyclic) bond motifs is 1. The Labute approximate surface area is 173 Å². The van der Waals surface area contributed by atoms with E-state index in [1.807, 2.05) is 48.9 Å². The summed E-state index contributed by atoms with van der Waals surface area (Å²) < 4.78 is 3.31. The fourth-order valence-electron chi connectivity index (χ4n) is 3.75. The summed E-state index contributed by atoms with van der Waals surface area (Å²) in [5, 5.41) is 1.05. The van der Waals surface area contributed by atoms with Crippen LogP contribution in [-0.2, 0) is 13.5 Å². The molecule has 0 aliphatic carbocycles. The number of imidazole rings is 1. The van der Waals surface area contributed by atoms with E-state index in [0.29, 0.717) is 0 Å². The molecule has 0 aliphatic heterocycles. The van der Waals surface area contributed by atoms with Crippen molar-refractivity contribution >= 4 is 11.0 Å². The third-order valence-electron chi connectivity index (χ3n) is 5.38. The average molecular weight is 395 g/mol. The van der Waals surface area contributed by atoms with E-state index in [0.717, 1.165) is 45.7 Å². The van der Waals surface area contributed by atoms with Gasteiger partial charge < -0.3 is 9.55 Å². The highest BCUT2D eigenvalue weighted by Crippen LogP contribution is 2.27. The molecule has 0 amide bonds. The molecule has 0 unspecified atom stereocenters. The highest BCUT2D eigenvalue weighted by Gasteiger charge is 2.15. The number of aryl methyl sites for hydroxylation is 2. The topological polar surface area (TPSA) is 68.5 Å². The number of pyridine rings is 2. The van der Waals surface area contributed by atoms with Crippen LogP contribution in [0, 0.1) is 0 Å². The van der Waals surface area contributed by atoms with Crippen molar-refractivity contribution in [3.63, 3.8) is 0 Å². The molecule has 0 saturated carbocycles. The summed E-state index contributed by atoms with van der Waals surface area (Å²) in [5.41, 5.74) is 6.29. The Balaban J connectivity index is 1.65. The van der Waals surface area contributed by atoms with E-state index in [4.69, 9.17) is 0 Å². The number of aromatic amines is 1. The van der Waals surface area contributed by atoms with E-state index in [9.17, 15) is 4.79 Å². The lowest BCUT2D eigenvalue weighted by Crippen LogP contribution is -2.21. The van der Waals surface area contributed by atoms with Crippen LogP contribution in [0.25, 0.3) is 39.2 Å². The number of H-pyrrole nitrogens is 1. The standard InChI is InChI=1S/C24H21N5O/c1-3-16-5-4-6-20(11-16)29-22(15-28(2)24(29)30)21-13-17(7-9-25-21)19-12-18-8-10-26-23(18)27-14-19/h4-15H,3H2,1-2H3,(H,26,27). The molecule has 0 saturated heterocycles. The third-order valence-corrected chi connectivity index (χ3v) is 5.38. The van der Waals surface area contributed by atoms with E-state index in [-0.39, 0.29) is 5.69 Å². The number of hydrogen-bond acceptors (Lipinski definition) is 3. The SMILES string of the molecule is CCc1cccc(-n2c(-c3cc(-c4cnc5[nH]ccc5c4)ccn3)cn(C)c2=O)c1. The van der Waals surface area contributed by atoms with Gasteiger partial charge in [0.05, 0.1) is 17.1 Å². The molecule has 1 N–H and O–H groups in total. The Morgan fingerprint density at radius 2 is 1.93 bits per heavy atom. The Morgan fingerprint density at radius 1 is 1.03 bits per heavy atom. The molecule has 6 nitrogen and oxygen atoms in total. The quantitative estimate of drug-likeness (QED) is 0.492. The van der Waals surface area contributed by atoms with E-state index in [2.05, 4.69) is 40.1 Å². The van der Waals surface area contributed by atoms with E-state index in [1.54, 1.807) is 22.4 Å². The van der Waals surface area contributed by atoms with Crippen molar-refractivity contribution in [3.8, 4) is 28.2 Å². The molecular formula is C24H21N5O. The van der Waals surface area contributed by atoms with Gasteiger partial charge in [0, 0.05) is 42.8 Å². The number of nitrogens with zero attached hydrogens (tertiary/aromatic N) is 4. The van der Waals surface area contributed by atoms with Gasteiger partial charge in [-0.15, -0.1) is 0 Å². The zero-order valence-electron chi connectivity index (χ0n) is 16.8. The van der Waals surface area contributed by atoms with Gasteiger partial charge in [0.1, 0.15) is 5.65 Å². The molecule has 0 spiro atoms. The molecule has 5 rings (SSSR count). The Kier molecular flexibility index (Phi) is 4.32. The van der Waals surface area contributed by atoms with Crippen molar-refractivity contribution in [1.82, 2.24) is 24.1 Å². The molecule has 6 heteroatoms. The lowest BCUT2D eigenvalue weighted by Gasteiger charge is -2.10. The van der Waals surface area contributed by atoms with Crippen LogP contribution < -0.4 is 5.69 Å². The normalized spacial score (nSPS) is 11.3. The second-order valence-corrected chi connectivity index (χ2v) is 7.34. The summed E-state index contributed by atoms with van der Waals surface area (Å²) in [6.07, 6.45) is 8.25. The first-order valence-corrected chi connectivity index (χ1v) is 9.91. The Bertz CT molecular complexity index is 1420. The van der Waals surface area contributed by atoms with Gasteiger partial charge in [-0.2, -0.15) is 0 Å². The van der Waals surface area contributed by atoms with Crippen molar-refractivity contribution in [2.24, 2.45) is 7.05 Å². The summed E-state index contributed by atoms with van der Waals surface area (Å²) in [4.78, 5) is 25.1. The van der Waals surface area contributed by atoms with E-state index >= 15 is 0 Å². The first-order valence-electron chi connectivity index (χ1n) is 9.91. The monoisotopic (exact) mass is 395 g/mol. The average Bonchev–Trinajstić information content (AvgIpc) is 3.37. The largest absolute Gasteiger partial charge is 0.346 e. The van der Waals surface area contributed by atoms with Crippen LogP contribution in [0.5, 0.6) is 0 Å². The highest BCUT2D eigenvalue weighted by atomic mass is 16.1. The summed E-state index contributed by atoms with van der Waals surface area (Å²) in [6, 6.07) is 16.1. The fraction of sp³-hybridized carbons (Fsp3) is 0.125. The van der Waals surface area contributed by atoms with Crippen LogP contribution in [0.4, 0.5) is 0 Å². The van der Waals surface area contributed by atoms with Gasteiger partial charge in [-0.25, -0.2) is 9.78 Å². The summed E-state index contributed by atoms with van der Waals surface area (Å²) >= 11 is 0. The maximum Gasteiger partial charge on any atom is 0.333 e. The molecule has 4 aromatic heterocycles. The predicted molar refractivity (Wildman–Crippen MR) is 119 cm³/mol. The van der Waals surface area contributed by atoms with Gasteiger partial charge in [-0.05, 0) is 53.9 Å².